The van der Waals surface area contributed by atoms with Crippen molar-refractivity contribution >= 4 is 64.1 Å². The lowest BCUT2D eigenvalue weighted by molar-refractivity contribution is -0.143. The number of nitrogens with zero attached hydrogens (tertiary/aromatic N) is 3. The van der Waals surface area contributed by atoms with Crippen molar-refractivity contribution in [1.29, 1.82) is 0 Å². The van der Waals surface area contributed by atoms with E-state index < -0.39 is 17.9 Å². The Bertz CT molecular complexity index is 4000. The summed E-state index contributed by atoms with van der Waals surface area (Å²) < 4.78 is 45.0. The highest BCUT2D eigenvalue weighted by molar-refractivity contribution is 9.10. The number of methoxy groups -OCH3 is 3. The molecule has 10 fully saturated rings. The van der Waals surface area contributed by atoms with Gasteiger partial charge in [-0.05, 0) is 245 Å². The van der Waals surface area contributed by atoms with Gasteiger partial charge in [0.2, 0.25) is 0 Å². The third-order valence-corrected chi connectivity index (χ3v) is 25.3. The summed E-state index contributed by atoms with van der Waals surface area (Å²) in [6.07, 6.45) is 15.0. The van der Waals surface area contributed by atoms with Crippen molar-refractivity contribution in [3.05, 3.63) is 165 Å². The summed E-state index contributed by atoms with van der Waals surface area (Å²) in [6.45, 7) is 15.6. The van der Waals surface area contributed by atoms with E-state index in [4.69, 9.17) is 42.8 Å². The van der Waals surface area contributed by atoms with Crippen LogP contribution in [0.15, 0.2) is 132 Å². The minimum atomic E-state index is -0.996. The van der Waals surface area contributed by atoms with Crippen LogP contribution in [0.25, 0.3) is 22.3 Å². The molecule has 0 aromatic heterocycles. The molecule has 7 heterocycles. The van der Waals surface area contributed by atoms with Gasteiger partial charge < -0.3 is 67.7 Å². The van der Waals surface area contributed by atoms with E-state index in [0.717, 1.165) is 155 Å². The van der Waals surface area contributed by atoms with Crippen LogP contribution in [-0.2, 0) is 37.9 Å². The highest BCUT2D eigenvalue weighted by atomic mass is 79.9. The third kappa shape index (κ3) is 18.1. The van der Waals surface area contributed by atoms with E-state index in [0.29, 0.717) is 64.5 Å². The monoisotopic (exact) mass is 1560 g/mol. The van der Waals surface area contributed by atoms with Crippen molar-refractivity contribution in [1.82, 2.24) is 14.7 Å². The topological polar surface area (TPSA) is 247 Å². The Labute approximate surface area is 652 Å². The van der Waals surface area contributed by atoms with Crippen molar-refractivity contribution in [2.45, 2.75) is 194 Å². The number of hydrogen-bond donors (Lipinski definition) is 3. The molecule has 1 unspecified atom stereocenters. The van der Waals surface area contributed by atoms with E-state index >= 15 is 0 Å². The average Bonchev–Trinajstić information content (AvgIpc) is 1.59. The van der Waals surface area contributed by atoms with E-state index in [9.17, 15) is 39.0 Å². The molecule has 6 atom stereocenters. The zero-order valence-electron chi connectivity index (χ0n) is 61.9. The first kappa shape index (κ1) is 83.4. The molecule has 0 bridgehead atoms. The minimum Gasteiger partial charge on any atom is -0.496 e. The van der Waals surface area contributed by atoms with Crippen LogP contribution in [0.1, 0.15) is 212 Å². The molecule has 10 aliphatic rings. The molecule has 109 heavy (non-hydrogen) atoms. The van der Waals surface area contributed by atoms with Crippen LogP contribution in [0.4, 0.5) is 0 Å². The number of benzene rings is 6. The van der Waals surface area contributed by atoms with E-state index in [2.05, 4.69) is 116 Å². The van der Waals surface area contributed by atoms with Gasteiger partial charge in [-0.25, -0.2) is 14.4 Å². The molecule has 20 nitrogen and oxygen atoms in total. The number of rotatable bonds is 15. The molecule has 16 rings (SSSR count). The summed E-state index contributed by atoms with van der Waals surface area (Å²) in [5.74, 6) is 0.385. The Kier molecular flexibility index (Phi) is 26.5. The molecule has 3 aliphatic carbocycles. The first-order chi connectivity index (χ1) is 50.9. The molecule has 7 aliphatic heterocycles. The van der Waals surface area contributed by atoms with Crippen LogP contribution in [0.2, 0.25) is 0 Å². The predicted molar refractivity (Wildman–Crippen MR) is 425 cm³/mol. The van der Waals surface area contributed by atoms with E-state index in [1.165, 1.54) is 63.3 Å². The molecular formula is C87H111BBrN3O17. The Morgan fingerprint density at radius 2 is 0.697 bits per heavy atom. The molecule has 3 spiro atoms. The summed E-state index contributed by atoms with van der Waals surface area (Å²) in [7, 11) is 4.09. The van der Waals surface area contributed by atoms with Crippen molar-refractivity contribution in [2.75, 3.05) is 80.4 Å². The molecule has 586 valence electrons. The second-order valence-electron chi connectivity index (χ2n) is 31.4. The lowest BCUT2D eigenvalue weighted by Gasteiger charge is -2.34. The second kappa shape index (κ2) is 34.7. The average molecular weight is 1560 g/mol. The molecule has 3 saturated carbocycles. The van der Waals surface area contributed by atoms with Gasteiger partial charge in [-0.15, -0.1) is 0 Å². The summed E-state index contributed by atoms with van der Waals surface area (Å²) >= 11 is 3.17. The first-order valence-electron chi connectivity index (χ1n) is 37.6. The van der Waals surface area contributed by atoms with Crippen LogP contribution < -0.4 is 19.7 Å². The maximum Gasteiger partial charge on any atom is 0.494 e. The molecular weight excluding hydrogens is 1450 g/mol. The largest absolute Gasteiger partial charge is 0.496 e. The summed E-state index contributed by atoms with van der Waals surface area (Å²) in [5, 5.41) is 27.6. The lowest BCUT2D eigenvalue weighted by Crippen LogP contribution is -2.44. The smallest absolute Gasteiger partial charge is 0.494 e. The van der Waals surface area contributed by atoms with Crippen LogP contribution in [-0.4, -0.2) is 183 Å². The van der Waals surface area contributed by atoms with Gasteiger partial charge in [-0.1, -0.05) is 123 Å². The van der Waals surface area contributed by atoms with Gasteiger partial charge in [0.25, 0.3) is 17.7 Å². The van der Waals surface area contributed by atoms with Gasteiger partial charge in [-0.3, -0.25) is 14.4 Å². The second-order valence-corrected chi connectivity index (χ2v) is 32.3. The van der Waals surface area contributed by atoms with Gasteiger partial charge >= 0.3 is 25.0 Å². The van der Waals surface area contributed by atoms with Gasteiger partial charge in [0.1, 0.15) is 52.3 Å². The predicted octanol–water partition coefficient (Wildman–Crippen LogP) is 16.0. The van der Waals surface area contributed by atoms with Crippen LogP contribution in [0, 0.1) is 16.2 Å². The fraction of sp³-hybridized carbons (Fsp3) is 0.517. The standard InChI is InChI=1S/2C26H29NO5.C24H34BNO4.C8H7BrO3.3CH4/c2*1-31-22-9-8-19(15-20(22)25(29)30)17-4-6-18(7-5-17)21-16-26(21)10-12-27(13-11-26)24(28)23-3-2-14-32-23;1-22(2)23(3,4)30-25(29-22)18-9-7-17(8-10-18)19-16-24(19)11-13-26(14-12-24)21(27)20-6-5-15-28-20;1-12-7-3-2-5(9)4-6(7)8(10)11;;;/h2*4-9,15,21,23H,2-3,10-14,16H2,1H3,(H,29,30);7-10,19-20H,5-6,11-16H2,1-4H3;2-4H,1H3,(H,10,11);3*1H4/t21-,23+;21-,23-;19?,20-;;;;/m011..../s1. The minimum absolute atomic E-state index is 0. The molecule has 6 aromatic rings. The fourth-order valence-corrected chi connectivity index (χ4v) is 17.6. The Morgan fingerprint density at radius 1 is 0.413 bits per heavy atom. The van der Waals surface area contributed by atoms with E-state index in [-0.39, 0.29) is 93.3 Å². The highest BCUT2D eigenvalue weighted by Gasteiger charge is 2.59. The van der Waals surface area contributed by atoms with Crippen molar-refractivity contribution in [2.24, 2.45) is 16.2 Å². The number of carbonyl (C=O) groups is 6. The number of carboxylic acid groups (broad SMARTS) is 3. The van der Waals surface area contributed by atoms with Gasteiger partial charge in [0.15, 0.2) is 0 Å². The summed E-state index contributed by atoms with van der Waals surface area (Å²) in [5.41, 5.74) is 9.77. The highest BCUT2D eigenvalue weighted by Crippen LogP contribution is 2.67. The van der Waals surface area contributed by atoms with Gasteiger partial charge in [0, 0.05) is 63.6 Å². The molecule has 3 N–H and O–H groups in total. The fourth-order valence-electron chi connectivity index (χ4n) is 17.2. The zero-order valence-corrected chi connectivity index (χ0v) is 63.5. The number of carboxylic acids is 3. The van der Waals surface area contributed by atoms with Crippen LogP contribution in [0.3, 0.4) is 0 Å². The number of hydrogen-bond acceptors (Lipinski definition) is 14. The maximum absolute atomic E-state index is 12.6. The first-order valence-corrected chi connectivity index (χ1v) is 38.4. The van der Waals surface area contributed by atoms with Gasteiger partial charge in [-0.2, -0.15) is 0 Å². The maximum atomic E-state index is 12.6. The summed E-state index contributed by atoms with van der Waals surface area (Å²) in [6, 6.07) is 41.2. The number of amides is 3. The Hall–Kier alpha value is -8.12. The number of likely N-dealkylation sites (tertiary alicyclic amines) is 3. The molecule has 7 saturated heterocycles. The summed E-state index contributed by atoms with van der Waals surface area (Å²) in [4.78, 5) is 77.6. The number of aromatic carboxylic acids is 3. The van der Waals surface area contributed by atoms with Crippen molar-refractivity contribution in [3.8, 4) is 39.5 Å². The van der Waals surface area contributed by atoms with E-state index in [1.54, 1.807) is 36.4 Å². The van der Waals surface area contributed by atoms with Crippen LogP contribution in [0.5, 0.6) is 17.2 Å². The number of carbonyl (C=O) groups excluding carboxylic acids is 3. The molecule has 0 radical (unpaired) electrons. The van der Waals surface area contributed by atoms with Gasteiger partial charge in [0.05, 0.1) is 32.5 Å². The number of piperidine rings is 3. The normalized spacial score (nSPS) is 23.7. The molecule has 3 amide bonds. The Balaban J connectivity index is 0.000000160. The third-order valence-electron chi connectivity index (χ3n) is 24.8. The quantitative estimate of drug-likeness (QED) is 0.0809. The van der Waals surface area contributed by atoms with Crippen molar-refractivity contribution < 1.29 is 81.8 Å². The molecule has 6 aromatic carbocycles. The number of halogens is 1. The lowest BCUT2D eigenvalue weighted by atomic mass is 9.78. The van der Waals surface area contributed by atoms with E-state index in [1.807, 2.05) is 26.8 Å². The Morgan fingerprint density at radius 3 is 0.982 bits per heavy atom. The van der Waals surface area contributed by atoms with Crippen LogP contribution >= 0.6 is 15.9 Å². The molecule has 22 heteroatoms. The SMILES string of the molecule is C.C.C.CC1(C)OB(c2ccc(C3CC34CCN(C(=O)[C@H]3CCCO3)CC4)cc2)OC1(C)C.COc1ccc(-c2ccc([C@@H]3CC34CCN(C(=O)[C@H]3CCCO3)CC4)cc2)cc1C(=O)O.COc1ccc(-c2ccc([C@H]3CC34CCN(C(=O)[C@H]3CCCO3)CC4)cc2)cc1C(=O)O.COc1ccc(Br)cc1C(=O)O. The zero-order chi connectivity index (χ0) is 74.9. The van der Waals surface area contributed by atoms with Crippen molar-refractivity contribution in [3.63, 3.8) is 0 Å². The number of ether oxygens (including phenoxy) is 6.